The van der Waals surface area contributed by atoms with Crippen LogP contribution in [0.25, 0.3) is 0 Å². The zero-order valence-corrected chi connectivity index (χ0v) is 15.5. The van der Waals surface area contributed by atoms with E-state index in [0.29, 0.717) is 5.92 Å². The summed E-state index contributed by atoms with van der Waals surface area (Å²) in [6.07, 6.45) is 3.57. The smallest absolute Gasteiger partial charge is 0.123 e. The van der Waals surface area contributed by atoms with Crippen molar-refractivity contribution < 1.29 is 4.39 Å². The Morgan fingerprint density at radius 2 is 1.76 bits per heavy atom. The normalized spacial score (nSPS) is 17.5. The summed E-state index contributed by atoms with van der Waals surface area (Å²) in [6, 6.07) is 17.3. The highest BCUT2D eigenvalue weighted by molar-refractivity contribution is 5.42. The van der Waals surface area contributed by atoms with Crippen molar-refractivity contribution in [2.75, 3.05) is 31.5 Å². The molecule has 0 radical (unpaired) electrons. The highest BCUT2D eigenvalue weighted by atomic mass is 19.1. The summed E-state index contributed by atoms with van der Waals surface area (Å²) in [5.41, 5.74) is 2.42. The number of benzene rings is 2. The first-order chi connectivity index (χ1) is 12.3. The highest BCUT2D eigenvalue weighted by Gasteiger charge is 2.19. The minimum absolute atomic E-state index is 0.154. The summed E-state index contributed by atoms with van der Waals surface area (Å²) in [4.78, 5) is 2.55. The van der Waals surface area contributed by atoms with E-state index in [0.717, 1.165) is 26.1 Å². The molecule has 1 heterocycles. The number of piperidine rings is 1. The molecule has 1 unspecified atom stereocenters. The molecule has 1 fully saturated rings. The Labute approximate surface area is 152 Å². The van der Waals surface area contributed by atoms with Gasteiger partial charge >= 0.3 is 0 Å². The van der Waals surface area contributed by atoms with E-state index in [1.54, 1.807) is 12.1 Å². The summed E-state index contributed by atoms with van der Waals surface area (Å²) < 4.78 is 12.9. The molecule has 2 nitrogen and oxygen atoms in total. The molecule has 0 bridgehead atoms. The second kappa shape index (κ2) is 10.9. The average Bonchev–Trinajstić information content (AvgIpc) is 2.69. The number of anilines is 1. The number of rotatable bonds is 6. The van der Waals surface area contributed by atoms with E-state index in [1.807, 2.05) is 32.0 Å². The third-order valence-corrected chi connectivity index (χ3v) is 4.60. The van der Waals surface area contributed by atoms with Gasteiger partial charge in [-0.2, -0.15) is 0 Å². The first kappa shape index (κ1) is 19.5. The van der Waals surface area contributed by atoms with E-state index in [4.69, 9.17) is 0 Å². The lowest BCUT2D eigenvalue weighted by Crippen LogP contribution is -2.39. The minimum Gasteiger partial charge on any atom is -0.385 e. The molecule has 136 valence electrons. The molecule has 2 aromatic rings. The van der Waals surface area contributed by atoms with E-state index < -0.39 is 0 Å². The summed E-state index contributed by atoms with van der Waals surface area (Å²) in [7, 11) is 0. The maximum Gasteiger partial charge on any atom is 0.123 e. The van der Waals surface area contributed by atoms with Crippen molar-refractivity contribution in [1.29, 1.82) is 0 Å². The molecule has 25 heavy (non-hydrogen) atoms. The van der Waals surface area contributed by atoms with Gasteiger partial charge in [0.05, 0.1) is 0 Å². The number of para-hydroxylation sites is 1. The number of nitrogens with zero attached hydrogens (tertiary/aromatic N) is 1. The van der Waals surface area contributed by atoms with Gasteiger partial charge in [-0.1, -0.05) is 44.2 Å². The summed E-state index contributed by atoms with van der Waals surface area (Å²) in [5, 5.41) is 3.55. The Kier molecular flexibility index (Phi) is 8.47. The molecular formula is C22H31FN2. The van der Waals surface area contributed by atoms with Crippen LogP contribution in [-0.2, 0) is 6.42 Å². The molecule has 1 saturated heterocycles. The standard InChI is InChI=1S/C20H25FN2.C2H6/c21-19-10-8-17(9-11-19)12-14-23-13-4-5-18(16-23)15-22-20-6-2-1-3-7-20;1-2/h1-3,6-11,18,22H,4-5,12-16H2;1-2H3. The van der Waals surface area contributed by atoms with Gasteiger partial charge in [0.2, 0.25) is 0 Å². The van der Waals surface area contributed by atoms with Gasteiger partial charge in [0.1, 0.15) is 5.82 Å². The van der Waals surface area contributed by atoms with Crippen molar-refractivity contribution >= 4 is 5.69 Å². The van der Waals surface area contributed by atoms with E-state index in [1.165, 1.54) is 30.6 Å². The number of hydrogen-bond acceptors (Lipinski definition) is 2. The second-order valence-corrected chi connectivity index (χ2v) is 6.43. The first-order valence-corrected chi connectivity index (χ1v) is 9.55. The van der Waals surface area contributed by atoms with Gasteiger partial charge in [0, 0.05) is 25.3 Å². The molecule has 3 rings (SSSR count). The lowest BCUT2D eigenvalue weighted by atomic mass is 9.97. The molecule has 0 amide bonds. The summed E-state index contributed by atoms with van der Waals surface area (Å²) in [6.45, 7) is 8.44. The molecule has 0 saturated carbocycles. The van der Waals surface area contributed by atoms with Crippen molar-refractivity contribution in [1.82, 2.24) is 4.90 Å². The Balaban J connectivity index is 0.00000109. The van der Waals surface area contributed by atoms with Crippen LogP contribution in [0.2, 0.25) is 0 Å². The molecule has 1 atom stereocenters. The van der Waals surface area contributed by atoms with Gasteiger partial charge in [-0.05, 0) is 61.6 Å². The molecule has 1 N–H and O–H groups in total. The lowest BCUT2D eigenvalue weighted by molar-refractivity contribution is 0.182. The van der Waals surface area contributed by atoms with Gasteiger partial charge in [0.25, 0.3) is 0 Å². The fourth-order valence-electron chi connectivity index (χ4n) is 3.28. The van der Waals surface area contributed by atoms with Gasteiger partial charge < -0.3 is 10.2 Å². The lowest BCUT2D eigenvalue weighted by Gasteiger charge is -2.33. The van der Waals surface area contributed by atoms with Crippen LogP contribution in [-0.4, -0.2) is 31.1 Å². The number of halogens is 1. The zero-order valence-electron chi connectivity index (χ0n) is 15.5. The quantitative estimate of drug-likeness (QED) is 0.774. The van der Waals surface area contributed by atoms with Crippen molar-refractivity contribution in [2.45, 2.75) is 33.1 Å². The van der Waals surface area contributed by atoms with Crippen LogP contribution in [0.4, 0.5) is 10.1 Å². The van der Waals surface area contributed by atoms with Crippen molar-refractivity contribution in [3.05, 3.63) is 66.0 Å². The van der Waals surface area contributed by atoms with Crippen LogP contribution in [0.1, 0.15) is 32.3 Å². The molecule has 1 aliphatic rings. The van der Waals surface area contributed by atoms with Crippen molar-refractivity contribution in [3.8, 4) is 0 Å². The monoisotopic (exact) mass is 342 g/mol. The SMILES string of the molecule is CC.Fc1ccc(CCN2CCCC(CNc3ccccc3)C2)cc1. The molecular weight excluding hydrogens is 311 g/mol. The Bertz CT molecular complexity index is 583. The molecule has 0 aliphatic carbocycles. The Morgan fingerprint density at radius 3 is 2.48 bits per heavy atom. The second-order valence-electron chi connectivity index (χ2n) is 6.43. The van der Waals surface area contributed by atoms with E-state index in [-0.39, 0.29) is 5.82 Å². The fourth-order valence-corrected chi connectivity index (χ4v) is 3.28. The number of hydrogen-bond donors (Lipinski definition) is 1. The summed E-state index contributed by atoms with van der Waals surface area (Å²) in [5.74, 6) is 0.552. The van der Waals surface area contributed by atoms with Gasteiger partial charge in [-0.25, -0.2) is 4.39 Å². The topological polar surface area (TPSA) is 15.3 Å². The molecule has 3 heteroatoms. The molecule has 2 aromatic carbocycles. The Morgan fingerprint density at radius 1 is 1.04 bits per heavy atom. The molecule has 0 spiro atoms. The van der Waals surface area contributed by atoms with Crippen molar-refractivity contribution in [3.63, 3.8) is 0 Å². The van der Waals surface area contributed by atoms with Gasteiger partial charge in [-0.15, -0.1) is 0 Å². The molecule has 0 aromatic heterocycles. The van der Waals surface area contributed by atoms with Crippen LogP contribution in [0, 0.1) is 11.7 Å². The maximum absolute atomic E-state index is 12.9. The third-order valence-electron chi connectivity index (χ3n) is 4.60. The fraction of sp³-hybridized carbons (Fsp3) is 0.455. The maximum atomic E-state index is 12.9. The average molecular weight is 343 g/mol. The largest absolute Gasteiger partial charge is 0.385 e. The van der Waals surface area contributed by atoms with E-state index in [2.05, 4.69) is 34.5 Å². The van der Waals surface area contributed by atoms with Crippen LogP contribution in [0.15, 0.2) is 54.6 Å². The number of likely N-dealkylation sites (tertiary alicyclic amines) is 1. The van der Waals surface area contributed by atoms with Crippen LogP contribution < -0.4 is 5.32 Å². The van der Waals surface area contributed by atoms with Gasteiger partial charge in [0.15, 0.2) is 0 Å². The zero-order chi connectivity index (χ0) is 17.9. The minimum atomic E-state index is -0.154. The van der Waals surface area contributed by atoms with Crippen LogP contribution >= 0.6 is 0 Å². The van der Waals surface area contributed by atoms with Crippen LogP contribution in [0.3, 0.4) is 0 Å². The van der Waals surface area contributed by atoms with Gasteiger partial charge in [-0.3, -0.25) is 0 Å². The molecule has 1 aliphatic heterocycles. The van der Waals surface area contributed by atoms with Crippen molar-refractivity contribution in [2.24, 2.45) is 5.92 Å². The Hall–Kier alpha value is -1.87. The van der Waals surface area contributed by atoms with E-state index in [9.17, 15) is 4.39 Å². The summed E-state index contributed by atoms with van der Waals surface area (Å²) >= 11 is 0. The number of nitrogens with one attached hydrogen (secondary N) is 1. The van der Waals surface area contributed by atoms with Crippen LogP contribution in [0.5, 0.6) is 0 Å². The van der Waals surface area contributed by atoms with E-state index >= 15 is 0 Å². The first-order valence-electron chi connectivity index (χ1n) is 9.55. The predicted molar refractivity (Wildman–Crippen MR) is 106 cm³/mol. The highest BCUT2D eigenvalue weighted by Crippen LogP contribution is 2.18. The third kappa shape index (κ3) is 6.87. The predicted octanol–water partition coefficient (Wildman–Crippen LogP) is 5.22.